The van der Waals surface area contributed by atoms with Crippen molar-refractivity contribution in [2.75, 3.05) is 0 Å². The van der Waals surface area contributed by atoms with E-state index in [9.17, 15) is 0 Å². The first-order valence-corrected chi connectivity index (χ1v) is 17.9. The summed E-state index contributed by atoms with van der Waals surface area (Å²) < 4.78 is 11.2. The molecule has 0 N–H and O–H groups in total. The molecule has 0 amide bonds. The number of ether oxygens (including phenoxy) is 1. The standard InChI is InChI=1S/C47H35N5O/c1-47(2,3)32-24-26-48-42(27-32)51-39-18-11-10-17-35(39)36-22-20-34(29-41(36)51)53-33-21-23-37-38(28-33)46-50-43(30-13-6-4-7-14-30)45(31-15-8-5-9-16-31)52(46)40-19-12-25-49-44(37)40/h4-29H,1-3H3. The molecule has 0 spiro atoms. The molecule has 5 aromatic carbocycles. The van der Waals surface area contributed by atoms with Crippen LogP contribution in [0.3, 0.4) is 0 Å². The number of aromatic nitrogens is 5. The summed E-state index contributed by atoms with van der Waals surface area (Å²) in [7, 11) is 0. The second kappa shape index (κ2) is 11.9. The summed E-state index contributed by atoms with van der Waals surface area (Å²) >= 11 is 0. The Balaban J connectivity index is 1.17. The van der Waals surface area contributed by atoms with Crippen molar-refractivity contribution in [2.45, 2.75) is 26.2 Å². The zero-order chi connectivity index (χ0) is 35.7. The maximum absolute atomic E-state index is 6.74. The molecule has 5 aromatic heterocycles. The Labute approximate surface area is 306 Å². The van der Waals surface area contributed by atoms with Crippen molar-refractivity contribution in [3.63, 3.8) is 0 Å². The molecule has 0 aliphatic rings. The Morgan fingerprint density at radius 2 is 1.21 bits per heavy atom. The molecule has 5 heterocycles. The molecule has 0 fully saturated rings. The zero-order valence-electron chi connectivity index (χ0n) is 29.7. The number of nitrogens with zero attached hydrogens (tertiary/aromatic N) is 5. The summed E-state index contributed by atoms with van der Waals surface area (Å²) in [6, 6.07) is 50.4. The lowest BCUT2D eigenvalue weighted by Gasteiger charge is -2.20. The van der Waals surface area contributed by atoms with Gasteiger partial charge in [0.2, 0.25) is 0 Å². The molecule has 0 saturated carbocycles. The molecule has 0 unspecified atom stereocenters. The van der Waals surface area contributed by atoms with Crippen LogP contribution in [0, 0.1) is 0 Å². The average molecular weight is 686 g/mol. The van der Waals surface area contributed by atoms with Crippen LogP contribution in [0.2, 0.25) is 0 Å². The lowest BCUT2D eigenvalue weighted by atomic mass is 9.88. The van der Waals surface area contributed by atoms with Crippen molar-refractivity contribution in [2.24, 2.45) is 0 Å². The maximum Gasteiger partial charge on any atom is 0.146 e. The lowest BCUT2D eigenvalue weighted by Crippen LogP contribution is -2.12. The molecule has 0 aliphatic heterocycles. The minimum Gasteiger partial charge on any atom is -0.457 e. The van der Waals surface area contributed by atoms with E-state index in [0.717, 1.165) is 83.7 Å². The van der Waals surface area contributed by atoms with Crippen LogP contribution < -0.4 is 4.74 Å². The van der Waals surface area contributed by atoms with Gasteiger partial charge in [0.1, 0.15) is 23.0 Å². The predicted octanol–water partition coefficient (Wildman–Crippen LogP) is 12.0. The molecule has 0 bridgehead atoms. The van der Waals surface area contributed by atoms with Crippen LogP contribution in [0.1, 0.15) is 26.3 Å². The summed E-state index contributed by atoms with van der Waals surface area (Å²) in [5, 5.41) is 4.30. The highest BCUT2D eigenvalue weighted by atomic mass is 16.5. The van der Waals surface area contributed by atoms with Crippen molar-refractivity contribution in [1.82, 2.24) is 23.9 Å². The molecule has 10 aromatic rings. The number of benzene rings is 5. The van der Waals surface area contributed by atoms with Crippen LogP contribution in [0.15, 0.2) is 158 Å². The molecule has 254 valence electrons. The van der Waals surface area contributed by atoms with Gasteiger partial charge in [-0.15, -0.1) is 0 Å². The molecule has 0 radical (unpaired) electrons. The number of hydrogen-bond donors (Lipinski definition) is 0. The Morgan fingerprint density at radius 1 is 0.528 bits per heavy atom. The highest BCUT2D eigenvalue weighted by Gasteiger charge is 2.22. The van der Waals surface area contributed by atoms with Gasteiger partial charge in [-0.05, 0) is 71.6 Å². The smallest absolute Gasteiger partial charge is 0.146 e. The summed E-state index contributed by atoms with van der Waals surface area (Å²) in [4.78, 5) is 15.2. The van der Waals surface area contributed by atoms with E-state index in [-0.39, 0.29) is 5.41 Å². The van der Waals surface area contributed by atoms with Crippen molar-refractivity contribution in [3.05, 3.63) is 164 Å². The minimum absolute atomic E-state index is 0.00830. The molecule has 6 nitrogen and oxygen atoms in total. The van der Waals surface area contributed by atoms with E-state index in [1.54, 1.807) is 0 Å². The second-order valence-electron chi connectivity index (χ2n) is 14.6. The molecule has 0 saturated heterocycles. The van der Waals surface area contributed by atoms with Crippen LogP contribution in [0.25, 0.3) is 77.6 Å². The van der Waals surface area contributed by atoms with Crippen LogP contribution in [0.5, 0.6) is 11.5 Å². The summed E-state index contributed by atoms with van der Waals surface area (Å²) in [5.41, 5.74) is 10.2. The van der Waals surface area contributed by atoms with Crippen LogP contribution in [-0.2, 0) is 5.41 Å². The fourth-order valence-electron chi connectivity index (χ4n) is 7.66. The largest absolute Gasteiger partial charge is 0.457 e. The van der Waals surface area contributed by atoms with Gasteiger partial charge in [-0.2, -0.15) is 0 Å². The molecule has 0 aliphatic carbocycles. The topological polar surface area (TPSA) is 57.2 Å². The number of pyridine rings is 3. The first-order valence-electron chi connectivity index (χ1n) is 17.9. The second-order valence-corrected chi connectivity index (χ2v) is 14.6. The van der Waals surface area contributed by atoms with Gasteiger partial charge in [-0.3, -0.25) is 14.0 Å². The minimum atomic E-state index is -0.00830. The molecule has 6 heteroatoms. The van der Waals surface area contributed by atoms with Gasteiger partial charge in [-0.1, -0.05) is 99.6 Å². The Hall–Kier alpha value is -6.79. The summed E-state index contributed by atoms with van der Waals surface area (Å²) in [6.07, 6.45) is 3.77. The SMILES string of the molecule is CC(C)(C)c1ccnc(-n2c3ccccc3c3ccc(Oc4ccc5c(c4)c4nc(-c6ccccc6)c(-c6ccccc6)n4c4cccnc54)cc32)c1. The maximum atomic E-state index is 6.74. The number of imidazole rings is 1. The highest BCUT2D eigenvalue weighted by molar-refractivity contribution is 6.12. The average Bonchev–Trinajstić information content (AvgIpc) is 3.75. The Bertz CT molecular complexity index is 3010. The molecular formula is C47H35N5O. The molecule has 53 heavy (non-hydrogen) atoms. The van der Waals surface area contributed by atoms with Crippen molar-refractivity contribution in [3.8, 4) is 39.8 Å². The molecule has 0 atom stereocenters. The third-order valence-corrected chi connectivity index (χ3v) is 10.2. The fourth-order valence-corrected chi connectivity index (χ4v) is 7.66. The normalized spacial score (nSPS) is 12.1. The summed E-state index contributed by atoms with van der Waals surface area (Å²) in [5.74, 6) is 2.34. The van der Waals surface area contributed by atoms with Gasteiger partial charge in [0.05, 0.1) is 33.5 Å². The van der Waals surface area contributed by atoms with Crippen LogP contribution in [-0.4, -0.2) is 23.9 Å². The third-order valence-electron chi connectivity index (χ3n) is 10.2. The molecule has 10 rings (SSSR count). The Kier molecular flexibility index (Phi) is 6.95. The monoisotopic (exact) mass is 685 g/mol. The van der Waals surface area contributed by atoms with E-state index in [0.29, 0.717) is 0 Å². The van der Waals surface area contributed by atoms with E-state index in [1.165, 1.54) is 10.9 Å². The predicted molar refractivity (Wildman–Crippen MR) is 216 cm³/mol. The van der Waals surface area contributed by atoms with Crippen molar-refractivity contribution >= 4 is 49.3 Å². The summed E-state index contributed by atoms with van der Waals surface area (Å²) in [6.45, 7) is 6.69. The van der Waals surface area contributed by atoms with E-state index in [1.807, 2.05) is 36.7 Å². The number of rotatable bonds is 5. The van der Waals surface area contributed by atoms with Gasteiger partial charge < -0.3 is 4.74 Å². The van der Waals surface area contributed by atoms with Gasteiger partial charge >= 0.3 is 0 Å². The number of hydrogen-bond acceptors (Lipinski definition) is 4. The van der Waals surface area contributed by atoms with Gasteiger partial charge in [-0.25, -0.2) is 9.97 Å². The quantitative estimate of drug-likeness (QED) is 0.169. The van der Waals surface area contributed by atoms with Gasteiger partial charge in [0.25, 0.3) is 0 Å². The number of fused-ring (bicyclic) bond motifs is 9. The first-order chi connectivity index (χ1) is 25.9. The lowest BCUT2D eigenvalue weighted by molar-refractivity contribution is 0.484. The molecular weight excluding hydrogens is 651 g/mol. The van der Waals surface area contributed by atoms with Crippen LogP contribution in [0.4, 0.5) is 0 Å². The fraction of sp³-hybridized carbons (Fsp3) is 0.0851. The van der Waals surface area contributed by atoms with E-state index in [2.05, 4.69) is 151 Å². The van der Waals surface area contributed by atoms with E-state index < -0.39 is 0 Å². The Morgan fingerprint density at radius 3 is 2.00 bits per heavy atom. The first kappa shape index (κ1) is 31.0. The number of para-hydroxylation sites is 1. The van der Waals surface area contributed by atoms with E-state index in [4.69, 9.17) is 19.7 Å². The van der Waals surface area contributed by atoms with Gasteiger partial charge in [0.15, 0.2) is 0 Å². The van der Waals surface area contributed by atoms with Crippen molar-refractivity contribution in [1.29, 1.82) is 0 Å². The highest BCUT2D eigenvalue weighted by Crippen LogP contribution is 2.41. The van der Waals surface area contributed by atoms with Gasteiger partial charge in [0, 0.05) is 51.1 Å². The third kappa shape index (κ3) is 5.06. The van der Waals surface area contributed by atoms with E-state index >= 15 is 0 Å². The van der Waals surface area contributed by atoms with Crippen LogP contribution >= 0.6 is 0 Å². The zero-order valence-corrected chi connectivity index (χ0v) is 29.7. The van der Waals surface area contributed by atoms with Crippen molar-refractivity contribution < 1.29 is 4.74 Å².